The molecule has 0 aromatic carbocycles. The Morgan fingerprint density at radius 2 is 1.44 bits per heavy atom. The first-order valence-corrected chi connectivity index (χ1v) is 10.8. The van der Waals surface area contributed by atoms with Gasteiger partial charge in [-0.1, -0.05) is 90.0 Å². The van der Waals surface area contributed by atoms with Gasteiger partial charge in [-0.3, -0.25) is 0 Å². The summed E-state index contributed by atoms with van der Waals surface area (Å²) in [5.41, 5.74) is 0. The van der Waals surface area contributed by atoms with Gasteiger partial charge in [-0.15, -0.1) is 0 Å². The van der Waals surface area contributed by atoms with Gasteiger partial charge < -0.3 is 15.3 Å². The normalized spacial score (nSPS) is 18.2. The van der Waals surface area contributed by atoms with Crippen LogP contribution in [0.1, 0.15) is 104 Å². The van der Waals surface area contributed by atoms with Crippen molar-refractivity contribution in [1.82, 2.24) is 10.2 Å². The molecule has 0 bridgehead atoms. The Morgan fingerprint density at radius 1 is 0.920 bits per heavy atom. The van der Waals surface area contributed by atoms with E-state index in [9.17, 15) is 5.11 Å². The van der Waals surface area contributed by atoms with Crippen LogP contribution in [0.15, 0.2) is 24.6 Å². The van der Waals surface area contributed by atoms with Crippen molar-refractivity contribution in [3.05, 3.63) is 24.6 Å². The van der Waals surface area contributed by atoms with Crippen molar-refractivity contribution in [3.8, 4) is 0 Å². The van der Waals surface area contributed by atoms with Gasteiger partial charge in [0.2, 0.25) is 0 Å². The minimum Gasteiger partial charge on any atom is -0.374 e. The van der Waals surface area contributed by atoms with Crippen LogP contribution >= 0.6 is 0 Å². The van der Waals surface area contributed by atoms with Crippen LogP contribution in [-0.4, -0.2) is 22.4 Å². The minimum atomic E-state index is -0.447. The van der Waals surface area contributed by atoms with Crippen LogP contribution in [-0.2, 0) is 0 Å². The van der Waals surface area contributed by atoms with Gasteiger partial charge >= 0.3 is 0 Å². The highest BCUT2D eigenvalue weighted by Gasteiger charge is 2.18. The van der Waals surface area contributed by atoms with Gasteiger partial charge in [0.15, 0.2) is 0 Å². The molecule has 0 aromatic rings. The van der Waals surface area contributed by atoms with E-state index >= 15 is 0 Å². The lowest BCUT2D eigenvalue weighted by atomic mass is 10.0. The largest absolute Gasteiger partial charge is 0.374 e. The number of unbranched alkanes of at least 4 members (excludes halogenated alkanes) is 13. The molecule has 3 heteroatoms. The second-order valence-electron chi connectivity index (χ2n) is 7.47. The molecule has 2 unspecified atom stereocenters. The molecule has 1 aliphatic rings. The van der Waals surface area contributed by atoms with Gasteiger partial charge in [0.25, 0.3) is 0 Å². The molecule has 1 heterocycles. The summed E-state index contributed by atoms with van der Waals surface area (Å²) in [5, 5.41) is 12.9. The van der Waals surface area contributed by atoms with Crippen molar-refractivity contribution < 1.29 is 5.11 Å². The van der Waals surface area contributed by atoms with Crippen molar-refractivity contribution in [2.24, 2.45) is 0 Å². The summed E-state index contributed by atoms with van der Waals surface area (Å²) >= 11 is 0. The number of hydrogen-bond donors (Lipinski definition) is 2. The second kappa shape index (κ2) is 15.3. The van der Waals surface area contributed by atoms with Crippen molar-refractivity contribution in [1.29, 1.82) is 0 Å². The fourth-order valence-electron chi connectivity index (χ4n) is 3.42. The molecular formula is C22H42N2O. The molecule has 0 saturated carbocycles. The van der Waals surface area contributed by atoms with Gasteiger partial charge in [0, 0.05) is 12.4 Å². The third-order valence-electron chi connectivity index (χ3n) is 5.06. The van der Waals surface area contributed by atoms with Crippen molar-refractivity contribution in [3.63, 3.8) is 0 Å². The molecule has 0 radical (unpaired) electrons. The van der Waals surface area contributed by atoms with Gasteiger partial charge in [0.05, 0.1) is 0 Å². The Labute approximate surface area is 156 Å². The maximum absolute atomic E-state index is 9.65. The van der Waals surface area contributed by atoms with E-state index in [2.05, 4.69) is 24.4 Å². The van der Waals surface area contributed by atoms with E-state index < -0.39 is 6.23 Å². The molecule has 1 aliphatic heterocycles. The maximum Gasteiger partial charge on any atom is 0.125 e. The van der Waals surface area contributed by atoms with Crippen LogP contribution in [0.4, 0.5) is 0 Å². The Bertz CT molecular complexity index is 352. The van der Waals surface area contributed by atoms with Crippen LogP contribution in [0.5, 0.6) is 0 Å². The highest BCUT2D eigenvalue weighted by molar-refractivity contribution is 5.04. The fourth-order valence-corrected chi connectivity index (χ4v) is 3.42. The zero-order valence-corrected chi connectivity index (χ0v) is 16.8. The molecule has 2 atom stereocenters. The van der Waals surface area contributed by atoms with E-state index in [4.69, 9.17) is 0 Å². The zero-order valence-electron chi connectivity index (χ0n) is 16.8. The average molecular weight is 351 g/mol. The minimum absolute atomic E-state index is 0.113. The van der Waals surface area contributed by atoms with E-state index in [0.717, 1.165) is 6.42 Å². The molecule has 0 saturated heterocycles. The molecule has 1 rings (SSSR count). The molecule has 0 amide bonds. The molecule has 3 nitrogen and oxygen atoms in total. The third kappa shape index (κ3) is 11.3. The molecule has 0 aromatic heterocycles. The van der Waals surface area contributed by atoms with Crippen LogP contribution in [0.2, 0.25) is 0 Å². The fraction of sp³-hybridized carbons (Fsp3) is 0.818. The number of nitrogens with one attached hydrogen (secondary N) is 1. The van der Waals surface area contributed by atoms with Crippen LogP contribution in [0, 0.1) is 0 Å². The molecule has 2 N–H and O–H groups in total. The lowest BCUT2D eigenvalue weighted by Gasteiger charge is -2.25. The lowest BCUT2D eigenvalue weighted by Crippen LogP contribution is -2.39. The van der Waals surface area contributed by atoms with Crippen LogP contribution < -0.4 is 5.32 Å². The Hall–Kier alpha value is -0.960. The monoisotopic (exact) mass is 350 g/mol. The van der Waals surface area contributed by atoms with Gasteiger partial charge in [0.1, 0.15) is 12.4 Å². The zero-order chi connectivity index (χ0) is 18.2. The first-order chi connectivity index (χ1) is 12.3. The molecule has 146 valence electrons. The average Bonchev–Trinajstić information content (AvgIpc) is 3.07. The summed E-state index contributed by atoms with van der Waals surface area (Å²) < 4.78 is 0. The lowest BCUT2D eigenvalue weighted by molar-refractivity contribution is 0.0408. The highest BCUT2D eigenvalue weighted by atomic mass is 16.3. The first kappa shape index (κ1) is 22.1. The third-order valence-corrected chi connectivity index (χ3v) is 5.06. The SMILES string of the molecule is CCCCCCCCCCCCCCC/C=C/C1NC=CN1C(C)O. The number of aliphatic hydroxyl groups excluding tert-OH is 1. The Morgan fingerprint density at radius 3 is 1.96 bits per heavy atom. The molecule has 25 heavy (non-hydrogen) atoms. The summed E-state index contributed by atoms with van der Waals surface area (Å²) in [7, 11) is 0. The standard InChI is InChI=1S/C22H42N2O/c1-3-4-5-6-7-8-9-10-11-12-13-14-15-16-17-18-22-23-19-20-24(22)21(2)25/h17-23,25H,3-16H2,1-2H3/b18-17+. The predicted molar refractivity (Wildman–Crippen MR) is 109 cm³/mol. The van der Waals surface area contributed by atoms with Gasteiger partial charge in [-0.05, 0) is 25.8 Å². The number of rotatable bonds is 16. The summed E-state index contributed by atoms with van der Waals surface area (Å²) in [4.78, 5) is 1.92. The Balaban J connectivity index is 1.82. The van der Waals surface area contributed by atoms with Crippen LogP contribution in [0.3, 0.4) is 0 Å². The first-order valence-electron chi connectivity index (χ1n) is 10.8. The molecular weight excluding hydrogens is 308 g/mol. The van der Waals surface area contributed by atoms with Crippen LogP contribution in [0.25, 0.3) is 0 Å². The van der Waals surface area contributed by atoms with Gasteiger partial charge in [-0.25, -0.2) is 0 Å². The summed E-state index contributed by atoms with van der Waals surface area (Å²) in [5.74, 6) is 0. The van der Waals surface area contributed by atoms with E-state index in [1.54, 1.807) is 6.92 Å². The highest BCUT2D eigenvalue weighted by Crippen LogP contribution is 2.14. The van der Waals surface area contributed by atoms with Crippen molar-refractivity contribution in [2.45, 2.75) is 116 Å². The van der Waals surface area contributed by atoms with E-state index in [-0.39, 0.29) is 6.17 Å². The molecule has 0 fully saturated rings. The number of aliphatic hydroxyl groups is 1. The van der Waals surface area contributed by atoms with E-state index in [0.29, 0.717) is 0 Å². The smallest absolute Gasteiger partial charge is 0.125 e. The Kier molecular flexibility index (Phi) is 13.5. The van der Waals surface area contributed by atoms with Crippen molar-refractivity contribution >= 4 is 0 Å². The topological polar surface area (TPSA) is 35.5 Å². The summed E-state index contributed by atoms with van der Waals surface area (Å²) in [6.45, 7) is 4.08. The van der Waals surface area contributed by atoms with Crippen molar-refractivity contribution in [2.75, 3.05) is 0 Å². The summed E-state index contributed by atoms with van der Waals surface area (Å²) in [6.07, 6.45) is 27.3. The maximum atomic E-state index is 9.65. The van der Waals surface area contributed by atoms with E-state index in [1.165, 1.54) is 83.5 Å². The predicted octanol–water partition coefficient (Wildman–Crippen LogP) is 6.06. The van der Waals surface area contributed by atoms with Gasteiger partial charge in [-0.2, -0.15) is 0 Å². The summed E-state index contributed by atoms with van der Waals surface area (Å²) in [6, 6.07) is 0. The number of allylic oxidation sites excluding steroid dienone is 1. The quantitative estimate of drug-likeness (QED) is 0.262. The molecule has 0 aliphatic carbocycles. The van der Waals surface area contributed by atoms with E-state index in [1.807, 2.05) is 17.3 Å². The molecule has 0 spiro atoms. The number of hydrogen-bond acceptors (Lipinski definition) is 3. The second-order valence-corrected chi connectivity index (χ2v) is 7.47. The number of nitrogens with zero attached hydrogens (tertiary/aromatic N) is 1.